The zero-order valence-corrected chi connectivity index (χ0v) is 38.8. The van der Waals surface area contributed by atoms with Crippen LogP contribution in [0, 0.1) is 0 Å². The van der Waals surface area contributed by atoms with Crippen LogP contribution in [-0.2, 0) is 4.74 Å². The SMILES string of the molecule is CCN(CC)c1ccc2c(-c3ccccc3C(=O)OCCCOc3cc(OCCCBr)cc(C(=O)Nc4cc5cccnc5c5ncccc45)c3)c3ccc(=[N+](CC)CC)cc-3oc2c1. The van der Waals surface area contributed by atoms with Crippen LogP contribution in [0.3, 0.4) is 0 Å². The van der Waals surface area contributed by atoms with Gasteiger partial charge in [0.05, 0.1) is 48.2 Å². The summed E-state index contributed by atoms with van der Waals surface area (Å²) < 4.78 is 27.1. The van der Waals surface area contributed by atoms with Crippen LogP contribution in [0.15, 0.2) is 126 Å². The van der Waals surface area contributed by atoms with Gasteiger partial charge < -0.3 is 28.8 Å². The molecule has 0 saturated heterocycles. The normalized spacial score (nSPS) is 11.3. The number of alkyl halides is 1. The molecule has 1 amide bonds. The number of rotatable bonds is 18. The molecule has 0 saturated carbocycles. The molecule has 12 heteroatoms. The highest BCUT2D eigenvalue weighted by Gasteiger charge is 2.24. The smallest absolute Gasteiger partial charge is 0.338 e. The minimum absolute atomic E-state index is 0.117. The molecule has 65 heavy (non-hydrogen) atoms. The number of aromatic nitrogens is 2. The fourth-order valence-corrected chi connectivity index (χ4v) is 8.52. The van der Waals surface area contributed by atoms with Crippen molar-refractivity contribution in [1.82, 2.24) is 14.5 Å². The van der Waals surface area contributed by atoms with Crippen molar-refractivity contribution in [3.05, 3.63) is 138 Å². The van der Waals surface area contributed by atoms with Gasteiger partial charge in [-0.15, -0.1) is 0 Å². The molecular formula is C53H53BrN5O6+. The Hall–Kier alpha value is -6.79. The zero-order chi connectivity index (χ0) is 45.3. The lowest BCUT2D eigenvalue weighted by Gasteiger charge is -2.22. The summed E-state index contributed by atoms with van der Waals surface area (Å²) in [5, 5.41) is 7.49. The molecule has 0 unspecified atom stereocenters. The second-order valence-electron chi connectivity index (χ2n) is 15.5. The first kappa shape index (κ1) is 44.8. The van der Waals surface area contributed by atoms with E-state index in [1.165, 1.54) is 0 Å². The number of fused-ring (bicyclic) bond motifs is 5. The van der Waals surface area contributed by atoms with Gasteiger partial charge in [0.1, 0.15) is 35.9 Å². The summed E-state index contributed by atoms with van der Waals surface area (Å²) in [5.41, 5.74) is 7.30. The van der Waals surface area contributed by atoms with Crippen LogP contribution >= 0.6 is 15.9 Å². The number of carbonyl (C=O) groups is 2. The molecule has 6 aromatic rings. The monoisotopic (exact) mass is 934 g/mol. The first-order valence-electron chi connectivity index (χ1n) is 22.3. The lowest BCUT2D eigenvalue weighted by molar-refractivity contribution is 0.0486. The number of anilines is 2. The van der Waals surface area contributed by atoms with Gasteiger partial charge in [-0.2, -0.15) is 0 Å². The molecule has 1 N–H and O–H groups in total. The molecule has 332 valence electrons. The number of hydrogen-bond donors (Lipinski definition) is 1. The van der Waals surface area contributed by atoms with Crippen LogP contribution in [-0.4, -0.2) is 73.2 Å². The molecule has 3 heterocycles. The van der Waals surface area contributed by atoms with Crippen LogP contribution < -0.4 is 29.6 Å². The van der Waals surface area contributed by atoms with E-state index in [-0.39, 0.29) is 19.1 Å². The number of pyridine rings is 2. The Kier molecular flexibility index (Phi) is 14.3. The maximum Gasteiger partial charge on any atom is 0.338 e. The number of nitrogens with one attached hydrogen (secondary N) is 1. The molecule has 8 rings (SSSR count). The molecule has 0 fully saturated rings. The van der Waals surface area contributed by atoms with Crippen LogP contribution in [0.2, 0.25) is 0 Å². The summed E-state index contributed by atoms with van der Waals surface area (Å²) in [5.74, 6) is 0.940. The predicted molar refractivity (Wildman–Crippen MR) is 264 cm³/mol. The van der Waals surface area contributed by atoms with Crippen LogP contribution in [0.1, 0.15) is 61.3 Å². The number of nitrogens with zero attached hydrogens (tertiary/aromatic N) is 4. The van der Waals surface area contributed by atoms with Gasteiger partial charge >= 0.3 is 5.97 Å². The zero-order valence-electron chi connectivity index (χ0n) is 37.2. The highest BCUT2D eigenvalue weighted by Crippen LogP contribution is 2.42. The molecule has 1 aliphatic carbocycles. The summed E-state index contributed by atoms with van der Waals surface area (Å²) in [6, 6.07) is 34.8. The predicted octanol–water partition coefficient (Wildman–Crippen LogP) is 11.0. The lowest BCUT2D eigenvalue weighted by atomic mass is 9.90. The first-order chi connectivity index (χ1) is 31.8. The fraction of sp³-hybridized carbons (Fsp3) is 0.264. The van der Waals surface area contributed by atoms with E-state index in [2.05, 4.69) is 105 Å². The molecule has 2 aromatic heterocycles. The van der Waals surface area contributed by atoms with Crippen molar-refractivity contribution in [2.75, 3.05) is 61.5 Å². The summed E-state index contributed by atoms with van der Waals surface area (Å²) in [4.78, 5) is 39.3. The lowest BCUT2D eigenvalue weighted by Crippen LogP contribution is -2.29. The maximum absolute atomic E-state index is 14.0. The van der Waals surface area contributed by atoms with Crippen molar-refractivity contribution in [2.24, 2.45) is 0 Å². The van der Waals surface area contributed by atoms with E-state index in [1.54, 1.807) is 30.6 Å². The standard InChI is InChI=1S/C53H52BrN5O6/c1-5-58(6-2)37-19-21-44-47(32-37)65-48-33-38(59(7-3)8-4)20-22-45(48)49(44)41-16-9-10-17-42(41)53(61)64-28-14-27-63-40-30-36(29-39(34-40)62-26-13-23-54)52(60)57-46-31-35-15-11-24-55-50(35)51-43(46)18-12-25-56-51/h9-12,15-22,24-25,29-34H,5-8,13-14,23,26-28H2,1-4H3/p+1. The van der Waals surface area contributed by atoms with E-state index in [0.717, 1.165) is 98.7 Å². The minimum atomic E-state index is -0.435. The van der Waals surface area contributed by atoms with Crippen molar-refractivity contribution in [3.63, 3.8) is 0 Å². The molecule has 4 aromatic carbocycles. The van der Waals surface area contributed by atoms with Crippen LogP contribution in [0.25, 0.3) is 55.2 Å². The molecule has 0 spiro atoms. The highest BCUT2D eigenvalue weighted by atomic mass is 79.9. The van der Waals surface area contributed by atoms with E-state index >= 15 is 0 Å². The third-order valence-electron chi connectivity index (χ3n) is 11.6. The molecule has 0 bridgehead atoms. The average Bonchev–Trinajstić information content (AvgIpc) is 3.34. The van der Waals surface area contributed by atoms with Crippen molar-refractivity contribution in [3.8, 4) is 33.9 Å². The van der Waals surface area contributed by atoms with E-state index in [9.17, 15) is 9.59 Å². The summed E-state index contributed by atoms with van der Waals surface area (Å²) >= 11 is 3.46. The van der Waals surface area contributed by atoms with Crippen LogP contribution in [0.4, 0.5) is 11.4 Å². The molecule has 11 nitrogen and oxygen atoms in total. The third kappa shape index (κ3) is 9.83. The van der Waals surface area contributed by atoms with E-state index in [4.69, 9.17) is 18.6 Å². The Morgan fingerprint density at radius 1 is 0.723 bits per heavy atom. The summed E-state index contributed by atoms with van der Waals surface area (Å²) in [6.07, 6.45) is 4.64. The molecule has 2 aliphatic rings. The molecule has 1 aliphatic heterocycles. The Balaban J connectivity index is 1.01. The number of amides is 1. The topological polar surface area (TPSA) is 119 Å². The second kappa shape index (κ2) is 20.8. The van der Waals surface area contributed by atoms with Gasteiger partial charge in [0.15, 0.2) is 0 Å². The number of ether oxygens (including phenoxy) is 3. The first-order valence-corrected chi connectivity index (χ1v) is 23.5. The van der Waals surface area contributed by atoms with Crippen molar-refractivity contribution in [1.29, 1.82) is 0 Å². The third-order valence-corrected chi connectivity index (χ3v) is 12.1. The van der Waals surface area contributed by atoms with Gasteiger partial charge in [0, 0.05) is 94.0 Å². The number of hydrogen-bond acceptors (Lipinski definition) is 9. The minimum Gasteiger partial charge on any atom is -0.493 e. The Bertz CT molecular complexity index is 3030. The van der Waals surface area contributed by atoms with Gasteiger partial charge in [-0.1, -0.05) is 40.2 Å². The Labute approximate surface area is 387 Å². The second-order valence-corrected chi connectivity index (χ2v) is 16.3. The van der Waals surface area contributed by atoms with Gasteiger partial charge in [-0.05, 0) is 100 Å². The van der Waals surface area contributed by atoms with E-state index < -0.39 is 5.97 Å². The number of halogens is 1. The number of carbonyl (C=O) groups excluding carboxylic acids is 2. The van der Waals surface area contributed by atoms with Gasteiger partial charge in [0.2, 0.25) is 5.36 Å². The highest BCUT2D eigenvalue weighted by molar-refractivity contribution is 9.09. The summed E-state index contributed by atoms with van der Waals surface area (Å²) in [7, 11) is 0. The van der Waals surface area contributed by atoms with E-state index in [1.807, 2.05) is 54.6 Å². The molecule has 0 atom stereocenters. The van der Waals surface area contributed by atoms with Gasteiger partial charge in [-0.3, -0.25) is 14.8 Å². The van der Waals surface area contributed by atoms with Crippen LogP contribution in [0.5, 0.6) is 11.5 Å². The van der Waals surface area contributed by atoms with Crippen molar-refractivity contribution < 1.29 is 28.2 Å². The fourth-order valence-electron chi connectivity index (χ4n) is 8.29. The van der Waals surface area contributed by atoms with Gasteiger partial charge in [0.25, 0.3) is 5.91 Å². The van der Waals surface area contributed by atoms with Crippen molar-refractivity contribution >= 4 is 72.0 Å². The quantitative estimate of drug-likeness (QED) is 0.0224. The Morgan fingerprint density at radius 2 is 1.46 bits per heavy atom. The summed E-state index contributed by atoms with van der Waals surface area (Å²) in [6.45, 7) is 12.8. The van der Waals surface area contributed by atoms with E-state index in [0.29, 0.717) is 46.9 Å². The number of benzene rings is 5. The Morgan fingerprint density at radius 3 is 2.22 bits per heavy atom. The van der Waals surface area contributed by atoms with Crippen molar-refractivity contribution in [2.45, 2.75) is 40.5 Å². The average molecular weight is 936 g/mol. The molecular weight excluding hydrogens is 883 g/mol. The number of esters is 1. The molecule has 0 radical (unpaired) electrons. The largest absolute Gasteiger partial charge is 0.493 e. The van der Waals surface area contributed by atoms with Gasteiger partial charge in [-0.25, -0.2) is 9.37 Å². The maximum atomic E-state index is 14.0.